The van der Waals surface area contributed by atoms with Crippen LogP contribution >= 0.6 is 0 Å². The van der Waals surface area contributed by atoms with E-state index < -0.39 is 44.0 Å². The molecular weight excluding hydrogens is 608 g/mol. The van der Waals surface area contributed by atoms with Crippen molar-refractivity contribution in [2.45, 2.75) is 178 Å². The summed E-state index contributed by atoms with van der Waals surface area (Å²) in [5, 5.41) is 0. The second kappa shape index (κ2) is 16.1. The lowest BCUT2D eigenvalue weighted by atomic mass is 9.73. The lowest BCUT2D eigenvalue weighted by Gasteiger charge is -2.40. The molecule has 46 heavy (non-hydrogen) atoms. The summed E-state index contributed by atoms with van der Waals surface area (Å²) in [5.74, 6) is 1.55. The zero-order valence-electron chi connectivity index (χ0n) is 26.7. The Bertz CT molecular complexity index is 931. The molecule has 14 nitrogen and oxygen atoms in total. The van der Waals surface area contributed by atoms with E-state index in [-0.39, 0.29) is 24.3 Å². The summed E-state index contributed by atoms with van der Waals surface area (Å²) in [7, 11) is 0. The largest absolute Gasteiger partial charge is 0.460 e. The average molecular weight is 659 g/mol. The highest BCUT2D eigenvalue weighted by molar-refractivity contribution is 5.66. The van der Waals surface area contributed by atoms with Crippen LogP contribution in [-0.2, 0) is 67.6 Å². The number of carbonyl (C=O) groups is 1. The van der Waals surface area contributed by atoms with Gasteiger partial charge < -0.3 is 23.7 Å². The first-order valence-electron chi connectivity index (χ1n) is 17.6. The maximum absolute atomic E-state index is 12.0. The Morgan fingerprint density at radius 2 is 0.848 bits per heavy atom. The third kappa shape index (κ3) is 9.36. The number of esters is 1. The molecule has 20 saturated heterocycles. The third-order valence-electron chi connectivity index (χ3n) is 10.4. The first-order valence-corrected chi connectivity index (χ1v) is 17.6. The van der Waals surface area contributed by atoms with Crippen LogP contribution in [-0.4, -0.2) is 68.3 Å². The first kappa shape index (κ1) is 33.5. The van der Waals surface area contributed by atoms with E-state index in [9.17, 15) is 4.79 Å². The van der Waals surface area contributed by atoms with Crippen molar-refractivity contribution in [3.05, 3.63) is 0 Å². The topological polar surface area (TPSA) is 137 Å². The molecule has 0 N–H and O–H groups in total. The van der Waals surface area contributed by atoms with Gasteiger partial charge in [0.05, 0.1) is 12.2 Å². The molecule has 14 heteroatoms. The molecule has 11 unspecified atom stereocenters. The maximum atomic E-state index is 12.0. The van der Waals surface area contributed by atoms with E-state index in [1.54, 1.807) is 0 Å². The Balaban J connectivity index is 0.945. The van der Waals surface area contributed by atoms with Gasteiger partial charge in [0.25, 0.3) is 0 Å². The van der Waals surface area contributed by atoms with Crippen molar-refractivity contribution in [1.29, 1.82) is 0 Å². The van der Waals surface area contributed by atoms with Crippen LogP contribution in [0.15, 0.2) is 0 Å². The van der Waals surface area contributed by atoms with Gasteiger partial charge in [-0.05, 0) is 56.3 Å². The quantitative estimate of drug-likeness (QED) is 0.264. The van der Waals surface area contributed by atoms with Crippen molar-refractivity contribution in [3.8, 4) is 0 Å². The Kier molecular flexibility index (Phi) is 11.7. The van der Waals surface area contributed by atoms with Gasteiger partial charge in [-0.3, -0.25) is 4.79 Å². The molecule has 12 bridgehead atoms. The van der Waals surface area contributed by atoms with E-state index in [4.69, 9.17) is 62.8 Å². The van der Waals surface area contributed by atoms with Gasteiger partial charge in [-0.2, -0.15) is 0 Å². The minimum absolute atomic E-state index is 0.0787. The van der Waals surface area contributed by atoms with Crippen LogP contribution in [0.4, 0.5) is 0 Å². The lowest BCUT2D eigenvalue weighted by molar-refractivity contribution is -0.533. The minimum atomic E-state index is -0.636. The Hall–Kier alpha value is -1.01. The standard InChI is InChI=1S/C32H50O14/c1-19(33)34-25-18-22-6-8-24(25)35-26-10-11-28(42-41-26)37-30-14-15-32(46-45-30)38-31-13-12-29(43-44-31)36-27-9-7-23(39-40-27)17-21-4-2-20(16-22)3-5-21/h20-32H,2-18H2,1H3. The average Bonchev–Trinajstić information content (AvgIpc) is 3.06. The molecule has 0 aromatic carbocycles. The molecule has 2 saturated carbocycles. The van der Waals surface area contributed by atoms with Gasteiger partial charge in [0.2, 0.25) is 0 Å². The molecule has 0 aromatic rings. The predicted octanol–water partition coefficient (Wildman–Crippen LogP) is 5.37. The van der Waals surface area contributed by atoms with Crippen LogP contribution in [0.3, 0.4) is 0 Å². The van der Waals surface area contributed by atoms with Crippen molar-refractivity contribution in [1.82, 2.24) is 0 Å². The van der Waals surface area contributed by atoms with Crippen LogP contribution in [0.5, 0.6) is 0 Å². The number of hydrogen-bond acceptors (Lipinski definition) is 14. The summed E-state index contributed by atoms with van der Waals surface area (Å²) in [6.07, 6.45) is 10.0. The van der Waals surface area contributed by atoms with Crippen LogP contribution < -0.4 is 0 Å². The normalized spacial score (nSPS) is 46.3. The predicted molar refractivity (Wildman–Crippen MR) is 152 cm³/mol. The van der Waals surface area contributed by atoms with Gasteiger partial charge in [-0.1, -0.05) is 25.7 Å². The van der Waals surface area contributed by atoms with Crippen LogP contribution in [0, 0.1) is 17.8 Å². The molecule has 20 aliphatic heterocycles. The summed E-state index contributed by atoms with van der Waals surface area (Å²) < 4.78 is 29.8. The van der Waals surface area contributed by atoms with Crippen molar-refractivity contribution in [2.24, 2.45) is 17.8 Å². The minimum Gasteiger partial charge on any atom is -0.460 e. The molecule has 20 heterocycles. The third-order valence-corrected chi connectivity index (χ3v) is 10.4. The van der Waals surface area contributed by atoms with Crippen LogP contribution in [0.25, 0.3) is 0 Å². The molecule has 0 radical (unpaired) electrons. The number of rotatable bonds is 1. The van der Waals surface area contributed by atoms with Gasteiger partial charge >= 0.3 is 5.97 Å². The van der Waals surface area contributed by atoms with E-state index in [2.05, 4.69) is 0 Å². The summed E-state index contributed by atoms with van der Waals surface area (Å²) in [6, 6.07) is 0. The highest BCUT2D eigenvalue weighted by Crippen LogP contribution is 2.41. The fourth-order valence-electron chi connectivity index (χ4n) is 7.97. The molecule has 0 amide bonds. The molecule has 22 fully saturated rings. The van der Waals surface area contributed by atoms with Crippen molar-refractivity contribution in [2.75, 3.05) is 0 Å². The van der Waals surface area contributed by atoms with Gasteiger partial charge in [-0.25, -0.2) is 39.1 Å². The molecule has 0 aromatic heterocycles. The Labute approximate surface area is 269 Å². The highest BCUT2D eigenvalue weighted by Gasteiger charge is 2.40. The van der Waals surface area contributed by atoms with Crippen molar-refractivity contribution < 1.29 is 67.6 Å². The monoisotopic (exact) mass is 658 g/mol. The molecule has 2 aliphatic carbocycles. The van der Waals surface area contributed by atoms with Gasteiger partial charge in [0.15, 0.2) is 44.0 Å². The van der Waals surface area contributed by atoms with E-state index >= 15 is 0 Å². The number of ether oxygens (including phenoxy) is 5. The number of hydrogen-bond donors (Lipinski definition) is 0. The molecule has 11 atom stereocenters. The number of carbonyl (C=O) groups excluding carboxylic acids is 1. The van der Waals surface area contributed by atoms with E-state index in [1.165, 1.54) is 32.6 Å². The zero-order chi connectivity index (χ0) is 31.3. The SMILES string of the molecule is CC(=O)OC1CC2CCC1OC1CCC(OO1)OC1CCC(OO1)OC1CCC(OO1)OC1CCC(CC3CCC(CC3)C2)OO1. The summed E-state index contributed by atoms with van der Waals surface area (Å²) in [6.45, 7) is 1.46. The lowest BCUT2D eigenvalue weighted by Crippen LogP contribution is -2.44. The summed E-state index contributed by atoms with van der Waals surface area (Å²) >= 11 is 0. The van der Waals surface area contributed by atoms with E-state index in [1.807, 2.05) is 0 Å². The second-order valence-corrected chi connectivity index (χ2v) is 14.0. The van der Waals surface area contributed by atoms with E-state index in [0.29, 0.717) is 56.3 Å². The van der Waals surface area contributed by atoms with Crippen molar-refractivity contribution in [3.63, 3.8) is 0 Å². The smallest absolute Gasteiger partial charge is 0.302 e. The first-order chi connectivity index (χ1) is 22.5. The molecule has 22 aliphatic rings. The maximum Gasteiger partial charge on any atom is 0.302 e. The zero-order valence-corrected chi connectivity index (χ0v) is 26.7. The summed E-state index contributed by atoms with van der Waals surface area (Å²) in [5.41, 5.74) is 0. The second-order valence-electron chi connectivity index (χ2n) is 14.0. The fourth-order valence-corrected chi connectivity index (χ4v) is 7.97. The summed E-state index contributed by atoms with van der Waals surface area (Å²) in [4.78, 5) is 56.2. The highest BCUT2D eigenvalue weighted by atomic mass is 17.3. The molecule has 22 rings (SSSR count). The van der Waals surface area contributed by atoms with Gasteiger partial charge in [0, 0.05) is 51.9 Å². The molecule has 262 valence electrons. The Morgan fingerprint density at radius 1 is 0.435 bits per heavy atom. The van der Waals surface area contributed by atoms with Gasteiger partial charge in [-0.15, -0.1) is 0 Å². The van der Waals surface area contributed by atoms with E-state index in [0.717, 1.165) is 44.9 Å². The Morgan fingerprint density at radius 3 is 1.28 bits per heavy atom. The molecular formula is C32H50O14. The van der Waals surface area contributed by atoms with Crippen LogP contribution in [0.2, 0.25) is 0 Å². The van der Waals surface area contributed by atoms with Crippen molar-refractivity contribution >= 4 is 5.97 Å². The fraction of sp³-hybridized carbons (Fsp3) is 0.969. The van der Waals surface area contributed by atoms with Crippen LogP contribution in [0.1, 0.15) is 116 Å². The van der Waals surface area contributed by atoms with Gasteiger partial charge in [0.1, 0.15) is 6.10 Å². The molecule has 0 spiro atoms.